The fraction of sp³-hybridized carbons (Fsp3) is 1.00. The van der Waals surface area contributed by atoms with Crippen molar-refractivity contribution >= 4 is 0 Å². The van der Waals surface area contributed by atoms with Gasteiger partial charge in [0, 0.05) is 0 Å². The van der Waals surface area contributed by atoms with Crippen molar-refractivity contribution in [1.82, 2.24) is 10.2 Å². The summed E-state index contributed by atoms with van der Waals surface area (Å²) in [4.78, 5) is 2.63. The van der Waals surface area contributed by atoms with E-state index < -0.39 is 0 Å². The van der Waals surface area contributed by atoms with Crippen molar-refractivity contribution in [3.8, 4) is 0 Å². The smallest absolute Gasteiger partial charge is 0.000664 e. The minimum Gasteiger partial charge on any atom is -0.316 e. The molecule has 1 aliphatic heterocycles. The van der Waals surface area contributed by atoms with Crippen LogP contribution in [0, 0.1) is 11.3 Å². The number of nitrogens with zero attached hydrogens (tertiary/aromatic N) is 1. The standard InChI is InChI=1S/C14H28N2/c1-14(2)11-13(14)12-15-7-6-10-16-8-4-3-5-9-16/h13,15H,3-12H2,1-2H3. The molecule has 1 aliphatic carbocycles. The summed E-state index contributed by atoms with van der Waals surface area (Å²) in [6.45, 7) is 11.2. The van der Waals surface area contributed by atoms with Crippen molar-refractivity contribution in [2.45, 2.75) is 46.0 Å². The maximum absolute atomic E-state index is 3.62. The SMILES string of the molecule is CC1(C)CC1CNCCCN1CCCCC1. The summed E-state index contributed by atoms with van der Waals surface area (Å²) in [5.41, 5.74) is 0.639. The maximum atomic E-state index is 3.62. The molecule has 1 heterocycles. The van der Waals surface area contributed by atoms with Gasteiger partial charge in [-0.25, -0.2) is 0 Å². The molecular weight excluding hydrogens is 196 g/mol. The molecule has 16 heavy (non-hydrogen) atoms. The van der Waals surface area contributed by atoms with Crippen molar-refractivity contribution < 1.29 is 0 Å². The van der Waals surface area contributed by atoms with E-state index in [1.165, 1.54) is 64.8 Å². The highest BCUT2D eigenvalue weighted by Crippen LogP contribution is 2.50. The summed E-state index contributed by atoms with van der Waals surface area (Å²) >= 11 is 0. The van der Waals surface area contributed by atoms with Gasteiger partial charge in [0.05, 0.1) is 0 Å². The van der Waals surface area contributed by atoms with Crippen LogP contribution < -0.4 is 5.32 Å². The Balaban J connectivity index is 1.43. The Kier molecular flexibility index (Phi) is 4.26. The van der Waals surface area contributed by atoms with Crippen LogP contribution in [0.2, 0.25) is 0 Å². The lowest BCUT2D eigenvalue weighted by atomic mass is 10.1. The van der Waals surface area contributed by atoms with Crippen LogP contribution >= 0.6 is 0 Å². The molecule has 0 amide bonds. The fourth-order valence-corrected chi connectivity index (χ4v) is 2.81. The number of nitrogens with one attached hydrogen (secondary N) is 1. The Hall–Kier alpha value is -0.0800. The van der Waals surface area contributed by atoms with E-state index in [0.717, 1.165) is 5.92 Å². The summed E-state index contributed by atoms with van der Waals surface area (Å²) < 4.78 is 0. The Labute approximate surface area is 101 Å². The molecule has 2 nitrogen and oxygen atoms in total. The van der Waals surface area contributed by atoms with Gasteiger partial charge in [0.25, 0.3) is 0 Å². The Morgan fingerprint density at radius 1 is 1.19 bits per heavy atom. The zero-order valence-corrected chi connectivity index (χ0v) is 11.1. The van der Waals surface area contributed by atoms with E-state index in [2.05, 4.69) is 24.1 Å². The lowest BCUT2D eigenvalue weighted by Gasteiger charge is -2.26. The molecule has 1 N–H and O–H groups in total. The van der Waals surface area contributed by atoms with Gasteiger partial charge in [-0.3, -0.25) is 0 Å². The van der Waals surface area contributed by atoms with Crippen molar-refractivity contribution in [3.63, 3.8) is 0 Å². The van der Waals surface area contributed by atoms with Gasteiger partial charge < -0.3 is 10.2 Å². The molecule has 1 saturated carbocycles. The third kappa shape index (κ3) is 3.74. The Morgan fingerprint density at radius 3 is 2.50 bits per heavy atom. The lowest BCUT2D eigenvalue weighted by Crippen LogP contribution is -2.32. The quantitative estimate of drug-likeness (QED) is 0.697. The van der Waals surface area contributed by atoms with Crippen molar-refractivity contribution in [2.75, 3.05) is 32.7 Å². The molecule has 94 valence electrons. The van der Waals surface area contributed by atoms with E-state index >= 15 is 0 Å². The monoisotopic (exact) mass is 224 g/mol. The zero-order chi connectivity index (χ0) is 11.4. The molecule has 0 aromatic heterocycles. The van der Waals surface area contributed by atoms with Crippen LogP contribution in [0.25, 0.3) is 0 Å². The zero-order valence-electron chi connectivity index (χ0n) is 11.1. The molecule has 2 fully saturated rings. The summed E-state index contributed by atoms with van der Waals surface area (Å²) in [7, 11) is 0. The number of hydrogen-bond acceptors (Lipinski definition) is 2. The highest BCUT2D eigenvalue weighted by Gasteiger charge is 2.44. The number of likely N-dealkylation sites (tertiary alicyclic amines) is 1. The molecule has 1 saturated heterocycles. The molecule has 0 aromatic carbocycles. The van der Waals surface area contributed by atoms with Gasteiger partial charge in [-0.05, 0) is 69.7 Å². The third-order valence-corrected chi connectivity index (χ3v) is 4.38. The van der Waals surface area contributed by atoms with Crippen molar-refractivity contribution in [1.29, 1.82) is 0 Å². The minimum absolute atomic E-state index is 0.639. The molecule has 2 aliphatic rings. The molecule has 2 rings (SSSR count). The van der Waals surface area contributed by atoms with Crippen LogP contribution in [-0.4, -0.2) is 37.6 Å². The fourth-order valence-electron chi connectivity index (χ4n) is 2.81. The van der Waals surface area contributed by atoms with E-state index in [-0.39, 0.29) is 0 Å². The van der Waals surface area contributed by atoms with Gasteiger partial charge in [0.1, 0.15) is 0 Å². The van der Waals surface area contributed by atoms with E-state index in [9.17, 15) is 0 Å². The number of piperidine rings is 1. The first-order chi connectivity index (χ1) is 7.68. The van der Waals surface area contributed by atoms with Crippen LogP contribution in [0.3, 0.4) is 0 Å². The summed E-state index contributed by atoms with van der Waals surface area (Å²) in [6.07, 6.45) is 7.04. The van der Waals surface area contributed by atoms with Gasteiger partial charge in [-0.1, -0.05) is 20.3 Å². The predicted octanol–water partition coefficient (Wildman–Crippen LogP) is 2.50. The van der Waals surface area contributed by atoms with Crippen molar-refractivity contribution in [3.05, 3.63) is 0 Å². The lowest BCUT2D eigenvalue weighted by molar-refractivity contribution is 0.225. The average molecular weight is 224 g/mol. The normalized spacial score (nSPS) is 29.2. The van der Waals surface area contributed by atoms with Gasteiger partial charge in [-0.15, -0.1) is 0 Å². The first kappa shape index (κ1) is 12.4. The second kappa shape index (κ2) is 5.50. The topological polar surface area (TPSA) is 15.3 Å². The first-order valence-corrected chi connectivity index (χ1v) is 7.11. The number of rotatable bonds is 6. The second-order valence-electron chi connectivity index (χ2n) is 6.35. The number of hydrogen-bond donors (Lipinski definition) is 1. The summed E-state index contributed by atoms with van der Waals surface area (Å²) in [5, 5.41) is 3.62. The molecule has 0 spiro atoms. The predicted molar refractivity (Wildman–Crippen MR) is 69.7 cm³/mol. The van der Waals surface area contributed by atoms with E-state index in [4.69, 9.17) is 0 Å². The Morgan fingerprint density at radius 2 is 1.88 bits per heavy atom. The highest BCUT2D eigenvalue weighted by molar-refractivity contribution is 4.95. The van der Waals surface area contributed by atoms with E-state index in [1.807, 2.05) is 0 Å². The van der Waals surface area contributed by atoms with Crippen LogP contribution in [0.1, 0.15) is 46.0 Å². The molecule has 2 heteroatoms. The molecule has 0 radical (unpaired) electrons. The van der Waals surface area contributed by atoms with E-state index in [1.54, 1.807) is 0 Å². The van der Waals surface area contributed by atoms with Crippen molar-refractivity contribution in [2.24, 2.45) is 11.3 Å². The molecule has 0 bridgehead atoms. The first-order valence-electron chi connectivity index (χ1n) is 7.11. The summed E-state index contributed by atoms with van der Waals surface area (Å²) in [6, 6.07) is 0. The van der Waals surface area contributed by atoms with E-state index in [0.29, 0.717) is 5.41 Å². The van der Waals surface area contributed by atoms with Crippen LogP contribution in [0.4, 0.5) is 0 Å². The van der Waals surface area contributed by atoms with Crippen LogP contribution in [0.15, 0.2) is 0 Å². The highest BCUT2D eigenvalue weighted by atomic mass is 15.1. The maximum Gasteiger partial charge on any atom is -0.000664 e. The summed E-state index contributed by atoms with van der Waals surface area (Å²) in [5.74, 6) is 0.947. The van der Waals surface area contributed by atoms with Gasteiger partial charge in [0.2, 0.25) is 0 Å². The average Bonchev–Trinajstić information content (AvgIpc) is 2.87. The largest absolute Gasteiger partial charge is 0.316 e. The minimum atomic E-state index is 0.639. The molecule has 1 atom stereocenters. The third-order valence-electron chi connectivity index (χ3n) is 4.38. The van der Waals surface area contributed by atoms with Gasteiger partial charge >= 0.3 is 0 Å². The molecule has 1 unspecified atom stereocenters. The van der Waals surface area contributed by atoms with Crippen LogP contribution in [0.5, 0.6) is 0 Å². The van der Waals surface area contributed by atoms with Crippen LogP contribution in [-0.2, 0) is 0 Å². The second-order valence-corrected chi connectivity index (χ2v) is 6.35. The molecular formula is C14H28N2. The van der Waals surface area contributed by atoms with Gasteiger partial charge in [0.15, 0.2) is 0 Å². The Bertz CT molecular complexity index is 207. The molecule has 0 aromatic rings. The van der Waals surface area contributed by atoms with Gasteiger partial charge in [-0.2, -0.15) is 0 Å².